The number of allylic oxidation sites excluding steroid dienone is 2. The molecule has 0 saturated carbocycles. The van der Waals surface area contributed by atoms with E-state index in [1.54, 1.807) is 0 Å². The number of benzene rings is 3. The Kier molecular flexibility index (Phi) is 2.91. The molecular formula is C30H18N2. The smallest absolute Gasteiger partial charge is 0.0758 e. The van der Waals surface area contributed by atoms with E-state index in [9.17, 15) is 0 Å². The average Bonchev–Trinajstić information content (AvgIpc) is 3.47. The first-order valence-corrected chi connectivity index (χ1v) is 11.1. The van der Waals surface area contributed by atoms with Gasteiger partial charge in [-0.1, -0.05) is 72.8 Å². The monoisotopic (exact) mass is 406 g/mol. The van der Waals surface area contributed by atoms with Crippen molar-refractivity contribution in [3.8, 4) is 11.1 Å². The van der Waals surface area contributed by atoms with Gasteiger partial charge in [0.25, 0.3) is 0 Å². The molecule has 2 nitrogen and oxygen atoms in total. The molecule has 1 atom stereocenters. The van der Waals surface area contributed by atoms with Crippen molar-refractivity contribution in [2.75, 3.05) is 0 Å². The highest BCUT2D eigenvalue weighted by molar-refractivity contribution is 6.14. The van der Waals surface area contributed by atoms with Crippen LogP contribution < -0.4 is 0 Å². The van der Waals surface area contributed by atoms with E-state index in [2.05, 4.69) is 91.1 Å². The van der Waals surface area contributed by atoms with Crippen LogP contribution in [0.25, 0.3) is 33.2 Å². The summed E-state index contributed by atoms with van der Waals surface area (Å²) in [6.07, 6.45) is 5.01. The van der Waals surface area contributed by atoms with E-state index in [-0.39, 0.29) is 5.41 Å². The summed E-state index contributed by atoms with van der Waals surface area (Å²) in [6, 6.07) is 30.7. The number of rotatable bonds is 0. The third kappa shape index (κ3) is 1.72. The van der Waals surface area contributed by atoms with E-state index in [0.29, 0.717) is 0 Å². The largest absolute Gasteiger partial charge is 0.256 e. The zero-order chi connectivity index (χ0) is 20.9. The van der Waals surface area contributed by atoms with Gasteiger partial charge in [0.15, 0.2) is 0 Å². The number of hydrogen-bond donors (Lipinski definition) is 0. The van der Waals surface area contributed by atoms with Gasteiger partial charge in [-0.25, -0.2) is 0 Å². The second kappa shape index (κ2) is 5.60. The van der Waals surface area contributed by atoms with Gasteiger partial charge in [-0.3, -0.25) is 9.97 Å². The number of fused-ring (bicyclic) bond motifs is 13. The van der Waals surface area contributed by atoms with Gasteiger partial charge in [-0.05, 0) is 56.6 Å². The minimum Gasteiger partial charge on any atom is -0.256 e. The van der Waals surface area contributed by atoms with Crippen molar-refractivity contribution in [2.24, 2.45) is 0 Å². The van der Waals surface area contributed by atoms with Gasteiger partial charge < -0.3 is 0 Å². The van der Waals surface area contributed by atoms with Gasteiger partial charge in [-0.2, -0.15) is 0 Å². The van der Waals surface area contributed by atoms with E-state index in [1.165, 1.54) is 55.5 Å². The molecule has 2 aromatic heterocycles. The number of nitrogens with zero attached hydrogens (tertiary/aromatic N) is 2. The maximum absolute atomic E-state index is 4.95. The molecule has 3 aliphatic rings. The van der Waals surface area contributed by atoms with E-state index in [1.807, 2.05) is 6.20 Å². The minimum atomic E-state index is -0.367. The number of pyridine rings is 2. The normalized spacial score (nSPS) is 19.1. The van der Waals surface area contributed by atoms with Gasteiger partial charge in [0, 0.05) is 29.8 Å². The minimum absolute atomic E-state index is 0.367. The van der Waals surface area contributed by atoms with Gasteiger partial charge >= 0.3 is 0 Å². The average molecular weight is 406 g/mol. The van der Waals surface area contributed by atoms with Crippen molar-refractivity contribution in [1.29, 1.82) is 0 Å². The Hall–Kier alpha value is -4.04. The molecular weight excluding hydrogens is 388 g/mol. The molecule has 0 fully saturated rings. The first-order chi connectivity index (χ1) is 15.9. The van der Waals surface area contributed by atoms with E-state index in [0.717, 1.165) is 17.6 Å². The SMILES string of the molecule is c1cnc2c(c1)CC1=C2C2(c3ccccc31)c1ccccc1-c1c2cnc2ccccc12. The fourth-order valence-electron chi connectivity index (χ4n) is 6.52. The highest BCUT2D eigenvalue weighted by Crippen LogP contribution is 2.66. The molecule has 0 radical (unpaired) electrons. The Morgan fingerprint density at radius 3 is 2.31 bits per heavy atom. The summed E-state index contributed by atoms with van der Waals surface area (Å²) >= 11 is 0. The summed E-state index contributed by atoms with van der Waals surface area (Å²) in [5.41, 5.74) is 13.9. The second-order valence-corrected chi connectivity index (χ2v) is 8.95. The predicted molar refractivity (Wildman–Crippen MR) is 128 cm³/mol. The van der Waals surface area contributed by atoms with E-state index < -0.39 is 0 Å². The lowest BCUT2D eigenvalue weighted by molar-refractivity contribution is 0.831. The Morgan fingerprint density at radius 2 is 1.41 bits per heavy atom. The van der Waals surface area contributed by atoms with Gasteiger partial charge in [0.2, 0.25) is 0 Å². The standard InChI is InChI=1S/C30H18N2/c1-4-12-23-19(9-1)22-16-18-8-7-15-31-29(18)28(22)30(23)24-13-5-2-10-20(24)27-21-11-3-6-14-26(21)32-17-25(27)30/h1-15,17H,16H2. The number of para-hydroxylation sites is 1. The van der Waals surface area contributed by atoms with Gasteiger partial charge in [0.1, 0.15) is 0 Å². The molecule has 3 aromatic carbocycles. The third-order valence-corrected chi connectivity index (χ3v) is 7.61. The molecule has 0 saturated heterocycles. The molecule has 0 bridgehead atoms. The van der Waals surface area contributed by atoms with Crippen LogP contribution in [0.5, 0.6) is 0 Å². The second-order valence-electron chi connectivity index (χ2n) is 8.95. The molecule has 5 aromatic rings. The Morgan fingerprint density at radius 1 is 0.656 bits per heavy atom. The van der Waals surface area contributed by atoms with Crippen LogP contribution in [0.1, 0.15) is 33.5 Å². The summed E-state index contributed by atoms with van der Waals surface area (Å²) in [5, 5.41) is 1.22. The highest BCUT2D eigenvalue weighted by Gasteiger charge is 2.55. The van der Waals surface area contributed by atoms with Crippen LogP contribution in [-0.2, 0) is 11.8 Å². The molecule has 8 rings (SSSR count). The molecule has 0 aliphatic heterocycles. The summed E-state index contributed by atoms with van der Waals surface area (Å²) in [7, 11) is 0. The number of hydrogen-bond acceptors (Lipinski definition) is 2. The molecule has 148 valence electrons. The molecule has 1 spiro atoms. The molecule has 32 heavy (non-hydrogen) atoms. The number of aromatic nitrogens is 2. The van der Waals surface area contributed by atoms with Crippen LogP contribution in [0, 0.1) is 0 Å². The van der Waals surface area contributed by atoms with Crippen molar-refractivity contribution in [3.05, 3.63) is 131 Å². The molecule has 2 heterocycles. The van der Waals surface area contributed by atoms with Crippen molar-refractivity contribution in [2.45, 2.75) is 11.8 Å². The van der Waals surface area contributed by atoms with Crippen LogP contribution in [-0.4, -0.2) is 9.97 Å². The summed E-state index contributed by atoms with van der Waals surface area (Å²) in [4.78, 5) is 9.89. The molecule has 3 aliphatic carbocycles. The Labute approximate surface area is 185 Å². The van der Waals surface area contributed by atoms with Crippen molar-refractivity contribution < 1.29 is 0 Å². The lowest BCUT2D eigenvalue weighted by atomic mass is 9.69. The van der Waals surface area contributed by atoms with E-state index >= 15 is 0 Å². The van der Waals surface area contributed by atoms with Crippen LogP contribution in [0.15, 0.2) is 97.3 Å². The lowest BCUT2D eigenvalue weighted by Crippen LogP contribution is -2.27. The van der Waals surface area contributed by atoms with E-state index in [4.69, 9.17) is 9.97 Å². The van der Waals surface area contributed by atoms with Gasteiger partial charge in [-0.15, -0.1) is 0 Å². The first kappa shape index (κ1) is 16.6. The summed E-state index contributed by atoms with van der Waals surface area (Å²) < 4.78 is 0. The first-order valence-electron chi connectivity index (χ1n) is 11.1. The fraction of sp³-hybridized carbons (Fsp3) is 0.0667. The summed E-state index contributed by atoms with van der Waals surface area (Å²) in [5.74, 6) is 0. The zero-order valence-electron chi connectivity index (χ0n) is 17.3. The van der Waals surface area contributed by atoms with Crippen LogP contribution >= 0.6 is 0 Å². The van der Waals surface area contributed by atoms with Crippen molar-refractivity contribution in [1.82, 2.24) is 9.97 Å². The third-order valence-electron chi connectivity index (χ3n) is 7.61. The summed E-state index contributed by atoms with van der Waals surface area (Å²) in [6.45, 7) is 0. The van der Waals surface area contributed by atoms with Gasteiger partial charge in [0.05, 0.1) is 16.6 Å². The lowest BCUT2D eigenvalue weighted by Gasteiger charge is -2.32. The molecule has 1 unspecified atom stereocenters. The maximum Gasteiger partial charge on any atom is 0.0758 e. The Balaban J connectivity index is 1.61. The van der Waals surface area contributed by atoms with Crippen molar-refractivity contribution in [3.63, 3.8) is 0 Å². The molecule has 0 N–H and O–H groups in total. The van der Waals surface area contributed by atoms with Crippen LogP contribution in [0.4, 0.5) is 0 Å². The van der Waals surface area contributed by atoms with Crippen LogP contribution in [0.2, 0.25) is 0 Å². The van der Waals surface area contributed by atoms with Crippen LogP contribution in [0.3, 0.4) is 0 Å². The Bertz CT molecular complexity index is 1660. The molecule has 0 amide bonds. The fourth-order valence-corrected chi connectivity index (χ4v) is 6.52. The quantitative estimate of drug-likeness (QED) is 0.296. The predicted octanol–water partition coefficient (Wildman–Crippen LogP) is 6.43. The zero-order valence-corrected chi connectivity index (χ0v) is 17.3. The maximum atomic E-state index is 4.95. The highest BCUT2D eigenvalue weighted by atomic mass is 14.7. The van der Waals surface area contributed by atoms with Crippen molar-refractivity contribution >= 4 is 22.0 Å². The topological polar surface area (TPSA) is 25.8 Å². The molecule has 2 heteroatoms.